The normalized spacial score (nSPS) is 19.9. The summed E-state index contributed by atoms with van der Waals surface area (Å²) in [4.78, 5) is 11.8. The molecule has 0 radical (unpaired) electrons. The van der Waals surface area contributed by atoms with Crippen molar-refractivity contribution < 1.29 is 17.9 Å². The van der Waals surface area contributed by atoms with E-state index < -0.39 is 9.84 Å². The third-order valence-electron chi connectivity index (χ3n) is 3.28. The Kier molecular flexibility index (Phi) is 5.28. The Labute approximate surface area is 131 Å². The lowest BCUT2D eigenvalue weighted by molar-refractivity contribution is -0.119. The monoisotopic (exact) mass is 326 g/mol. The molecular formula is C15H22N2O4S. The zero-order chi connectivity index (χ0) is 16.2. The Morgan fingerprint density at radius 2 is 2.00 bits per heavy atom. The summed E-state index contributed by atoms with van der Waals surface area (Å²) in [6.45, 7) is 4.03. The number of carbonyl (C=O) groups excluding carboxylic acids is 1. The number of anilines is 1. The quantitative estimate of drug-likeness (QED) is 0.820. The molecule has 1 heterocycles. The zero-order valence-electron chi connectivity index (χ0n) is 12.8. The lowest BCUT2D eigenvalue weighted by atomic mass is 10.2. The van der Waals surface area contributed by atoms with E-state index in [0.29, 0.717) is 6.42 Å². The van der Waals surface area contributed by atoms with E-state index in [1.165, 1.54) is 0 Å². The standard InChI is InChI=1S/C15H22N2O4S/c1-11(2)21-14-5-3-12(4-6-14)16-9-15(18)17-13-7-8-22(19,20)10-13/h3-6,11,13,16H,7-10H2,1-2H3,(H,17,18). The molecule has 0 aromatic heterocycles. The minimum Gasteiger partial charge on any atom is -0.491 e. The minimum atomic E-state index is -2.97. The summed E-state index contributed by atoms with van der Waals surface area (Å²) >= 11 is 0. The Balaban J connectivity index is 1.76. The van der Waals surface area contributed by atoms with Gasteiger partial charge in [0.1, 0.15) is 5.75 Å². The molecule has 1 unspecified atom stereocenters. The molecule has 6 nitrogen and oxygen atoms in total. The van der Waals surface area contributed by atoms with Crippen molar-refractivity contribution >= 4 is 21.4 Å². The Morgan fingerprint density at radius 1 is 1.32 bits per heavy atom. The van der Waals surface area contributed by atoms with Crippen molar-refractivity contribution in [3.63, 3.8) is 0 Å². The van der Waals surface area contributed by atoms with Gasteiger partial charge in [0.2, 0.25) is 5.91 Å². The van der Waals surface area contributed by atoms with E-state index in [9.17, 15) is 13.2 Å². The van der Waals surface area contributed by atoms with Crippen molar-refractivity contribution in [2.24, 2.45) is 0 Å². The smallest absolute Gasteiger partial charge is 0.239 e. The Morgan fingerprint density at radius 3 is 2.55 bits per heavy atom. The first kappa shape index (κ1) is 16.6. The van der Waals surface area contributed by atoms with Gasteiger partial charge in [-0.25, -0.2) is 8.42 Å². The second-order valence-electron chi connectivity index (χ2n) is 5.71. The maximum absolute atomic E-state index is 11.8. The summed E-state index contributed by atoms with van der Waals surface area (Å²) in [7, 11) is -2.97. The molecule has 1 saturated heterocycles. The van der Waals surface area contributed by atoms with Gasteiger partial charge in [-0.2, -0.15) is 0 Å². The van der Waals surface area contributed by atoms with Crippen LogP contribution in [0, 0.1) is 0 Å². The number of rotatable bonds is 6. The molecule has 22 heavy (non-hydrogen) atoms. The van der Waals surface area contributed by atoms with Crippen molar-refractivity contribution in [1.82, 2.24) is 5.32 Å². The number of carbonyl (C=O) groups is 1. The number of benzene rings is 1. The van der Waals surface area contributed by atoms with Crippen molar-refractivity contribution in [2.45, 2.75) is 32.4 Å². The summed E-state index contributed by atoms with van der Waals surface area (Å²) in [5.41, 5.74) is 0.810. The third-order valence-corrected chi connectivity index (χ3v) is 5.04. The SMILES string of the molecule is CC(C)Oc1ccc(NCC(=O)NC2CCS(=O)(=O)C2)cc1. The average molecular weight is 326 g/mol. The van der Waals surface area contributed by atoms with E-state index in [1.807, 2.05) is 38.1 Å². The number of hydrogen-bond acceptors (Lipinski definition) is 5. The summed E-state index contributed by atoms with van der Waals surface area (Å²) in [6.07, 6.45) is 0.613. The number of sulfone groups is 1. The molecule has 2 N–H and O–H groups in total. The highest BCUT2D eigenvalue weighted by atomic mass is 32.2. The molecule has 1 aromatic rings. The lowest BCUT2D eigenvalue weighted by Gasteiger charge is -2.13. The van der Waals surface area contributed by atoms with Gasteiger partial charge in [0.15, 0.2) is 9.84 Å². The van der Waals surface area contributed by atoms with E-state index in [4.69, 9.17) is 4.74 Å². The summed E-state index contributed by atoms with van der Waals surface area (Å²) in [5.74, 6) is 0.772. The summed E-state index contributed by atoms with van der Waals surface area (Å²) in [6, 6.07) is 7.09. The van der Waals surface area contributed by atoms with Crippen LogP contribution in [-0.4, -0.2) is 44.5 Å². The molecule has 0 spiro atoms. The van der Waals surface area contributed by atoms with Crippen molar-refractivity contribution in [2.75, 3.05) is 23.4 Å². The fraction of sp³-hybridized carbons (Fsp3) is 0.533. The number of ether oxygens (including phenoxy) is 1. The largest absolute Gasteiger partial charge is 0.491 e. The van der Waals surface area contributed by atoms with E-state index in [-0.39, 0.29) is 36.1 Å². The molecule has 122 valence electrons. The Bertz CT molecular complexity index is 611. The number of hydrogen-bond donors (Lipinski definition) is 2. The van der Waals surface area contributed by atoms with Gasteiger partial charge in [0.05, 0.1) is 24.2 Å². The third kappa shape index (κ3) is 5.22. The van der Waals surface area contributed by atoms with Crippen LogP contribution >= 0.6 is 0 Å². The number of nitrogens with one attached hydrogen (secondary N) is 2. The molecule has 7 heteroatoms. The van der Waals surface area contributed by atoms with Crippen molar-refractivity contribution in [3.8, 4) is 5.75 Å². The maximum atomic E-state index is 11.8. The van der Waals surface area contributed by atoms with Gasteiger partial charge in [0.25, 0.3) is 0 Å². The van der Waals surface area contributed by atoms with Crippen LogP contribution in [0.4, 0.5) is 5.69 Å². The fourth-order valence-electron chi connectivity index (χ4n) is 2.29. The summed E-state index contributed by atoms with van der Waals surface area (Å²) < 4.78 is 28.2. The van der Waals surface area contributed by atoms with Crippen molar-refractivity contribution in [1.29, 1.82) is 0 Å². The van der Waals surface area contributed by atoms with E-state index in [0.717, 1.165) is 11.4 Å². The zero-order valence-corrected chi connectivity index (χ0v) is 13.7. The molecular weight excluding hydrogens is 304 g/mol. The fourth-order valence-corrected chi connectivity index (χ4v) is 3.97. The van der Waals surface area contributed by atoms with Crippen molar-refractivity contribution in [3.05, 3.63) is 24.3 Å². The minimum absolute atomic E-state index is 0.0416. The van der Waals surface area contributed by atoms with Gasteiger partial charge in [-0.3, -0.25) is 4.79 Å². The van der Waals surface area contributed by atoms with Crippen LogP contribution in [0.15, 0.2) is 24.3 Å². The predicted octanol–water partition coefficient (Wildman–Crippen LogP) is 1.19. The second-order valence-corrected chi connectivity index (χ2v) is 7.94. The topological polar surface area (TPSA) is 84.5 Å². The summed E-state index contributed by atoms with van der Waals surface area (Å²) in [5, 5.41) is 5.74. The average Bonchev–Trinajstić information content (AvgIpc) is 2.76. The number of amides is 1. The molecule has 1 aromatic carbocycles. The maximum Gasteiger partial charge on any atom is 0.239 e. The Hall–Kier alpha value is -1.76. The van der Waals surface area contributed by atoms with E-state index >= 15 is 0 Å². The predicted molar refractivity (Wildman–Crippen MR) is 85.9 cm³/mol. The molecule has 1 aliphatic heterocycles. The van der Waals surface area contributed by atoms with E-state index in [1.54, 1.807) is 0 Å². The van der Waals surface area contributed by atoms with Gasteiger partial charge in [-0.05, 0) is 44.5 Å². The lowest BCUT2D eigenvalue weighted by Crippen LogP contribution is -2.39. The first-order valence-electron chi connectivity index (χ1n) is 7.34. The molecule has 0 bridgehead atoms. The molecule has 0 aliphatic carbocycles. The molecule has 1 aliphatic rings. The van der Waals surface area contributed by atoms with Crippen LogP contribution in [0.1, 0.15) is 20.3 Å². The van der Waals surface area contributed by atoms with Gasteiger partial charge in [0, 0.05) is 11.7 Å². The van der Waals surface area contributed by atoms with Crippen LogP contribution in [0.25, 0.3) is 0 Å². The van der Waals surface area contributed by atoms with Gasteiger partial charge in [-0.15, -0.1) is 0 Å². The van der Waals surface area contributed by atoms with Crippen LogP contribution in [0.3, 0.4) is 0 Å². The van der Waals surface area contributed by atoms with Crippen LogP contribution in [-0.2, 0) is 14.6 Å². The molecule has 0 saturated carbocycles. The van der Waals surface area contributed by atoms with Gasteiger partial charge < -0.3 is 15.4 Å². The molecule has 1 fully saturated rings. The van der Waals surface area contributed by atoms with Crippen LogP contribution in [0.2, 0.25) is 0 Å². The molecule has 1 atom stereocenters. The highest BCUT2D eigenvalue weighted by molar-refractivity contribution is 7.91. The van der Waals surface area contributed by atoms with Gasteiger partial charge >= 0.3 is 0 Å². The first-order chi connectivity index (χ1) is 10.3. The first-order valence-corrected chi connectivity index (χ1v) is 9.16. The highest BCUT2D eigenvalue weighted by Crippen LogP contribution is 2.16. The second kappa shape index (κ2) is 7.00. The van der Waals surface area contributed by atoms with E-state index in [2.05, 4.69) is 10.6 Å². The van der Waals surface area contributed by atoms with Gasteiger partial charge in [-0.1, -0.05) is 0 Å². The molecule has 2 rings (SSSR count). The van der Waals surface area contributed by atoms with Crippen LogP contribution in [0.5, 0.6) is 5.75 Å². The highest BCUT2D eigenvalue weighted by Gasteiger charge is 2.28. The molecule has 1 amide bonds. The van der Waals surface area contributed by atoms with Crippen LogP contribution < -0.4 is 15.4 Å².